The summed E-state index contributed by atoms with van der Waals surface area (Å²) in [6, 6.07) is 3.26. The average molecular weight is 344 g/mol. The first-order valence-electron chi connectivity index (χ1n) is 8.01. The quantitative estimate of drug-likeness (QED) is 0.474. The van der Waals surface area contributed by atoms with Gasteiger partial charge in [-0.15, -0.1) is 6.42 Å². The number of halogens is 2. The minimum atomic E-state index is -4.02. The molecule has 0 saturated heterocycles. The van der Waals surface area contributed by atoms with Crippen LogP contribution in [0.25, 0.3) is 6.08 Å². The Balaban J connectivity index is 2.24. The van der Waals surface area contributed by atoms with E-state index in [9.17, 15) is 13.4 Å². The van der Waals surface area contributed by atoms with Crippen molar-refractivity contribution in [2.24, 2.45) is 0 Å². The number of carbonyl (C=O) groups excluding carboxylic acids is 1. The third-order valence-electron chi connectivity index (χ3n) is 3.86. The van der Waals surface area contributed by atoms with Crippen LogP contribution in [0.5, 0.6) is 0 Å². The SMILES string of the molecule is C#CCNC(=O)CCc1ccc2n1[B-](F)(F)NC(/C(C)=C\C(=C)C)=C2. The van der Waals surface area contributed by atoms with Crippen LogP contribution >= 0.6 is 0 Å². The van der Waals surface area contributed by atoms with Gasteiger partial charge in [0, 0.05) is 17.8 Å². The second-order valence-corrected chi connectivity index (χ2v) is 6.10. The fourth-order valence-corrected chi connectivity index (χ4v) is 2.82. The van der Waals surface area contributed by atoms with Crippen molar-refractivity contribution in [3.05, 3.63) is 53.0 Å². The molecule has 0 atom stereocenters. The Labute approximate surface area is 146 Å². The standard InChI is InChI=1S/C18H21BF2N3O/c1-5-10-22-18(25)9-8-15-6-7-16-12-17(14(4)11-13(2)3)23-19(20,21)24(15)16/h1,6-7,11-12,23H,2,8-10H2,3-4H3,(H,22,25)/q-1/b14-11-. The zero-order valence-corrected chi connectivity index (χ0v) is 14.4. The van der Waals surface area contributed by atoms with E-state index in [-0.39, 0.29) is 25.3 Å². The van der Waals surface area contributed by atoms with E-state index in [0.29, 0.717) is 22.7 Å². The van der Waals surface area contributed by atoms with Crippen LogP contribution in [0.3, 0.4) is 0 Å². The molecule has 1 amide bonds. The van der Waals surface area contributed by atoms with Crippen molar-refractivity contribution in [3.63, 3.8) is 0 Å². The lowest BCUT2D eigenvalue weighted by molar-refractivity contribution is -0.120. The number of terminal acetylenes is 1. The Hall–Kier alpha value is -2.75. The summed E-state index contributed by atoms with van der Waals surface area (Å²) in [4.78, 5) is 11.6. The number of nitrogens with one attached hydrogen (secondary N) is 2. The molecule has 0 aromatic carbocycles. The molecule has 2 heterocycles. The van der Waals surface area contributed by atoms with Crippen LogP contribution in [0.4, 0.5) is 8.63 Å². The maximum Gasteiger partial charge on any atom is 0.526 e. The van der Waals surface area contributed by atoms with Crippen molar-refractivity contribution in [3.8, 4) is 12.3 Å². The highest BCUT2D eigenvalue weighted by Gasteiger charge is 2.34. The highest BCUT2D eigenvalue weighted by atomic mass is 19.2. The minimum Gasteiger partial charge on any atom is -0.483 e. The Morgan fingerprint density at radius 2 is 2.20 bits per heavy atom. The molecule has 2 N–H and O–H groups in total. The number of nitrogens with zero attached hydrogens (tertiary/aromatic N) is 1. The maximum atomic E-state index is 14.7. The molecular weight excluding hydrogens is 323 g/mol. The van der Waals surface area contributed by atoms with E-state index in [1.807, 2.05) is 6.92 Å². The fourth-order valence-electron chi connectivity index (χ4n) is 2.82. The summed E-state index contributed by atoms with van der Waals surface area (Å²) in [6.07, 6.45) is 8.81. The molecule has 1 aliphatic rings. The van der Waals surface area contributed by atoms with Gasteiger partial charge in [0.05, 0.1) is 6.54 Å². The number of amides is 1. The van der Waals surface area contributed by atoms with Gasteiger partial charge < -0.3 is 23.7 Å². The molecule has 0 unspecified atom stereocenters. The molecule has 1 aromatic heterocycles. The monoisotopic (exact) mass is 344 g/mol. The molecule has 25 heavy (non-hydrogen) atoms. The summed E-state index contributed by atoms with van der Waals surface area (Å²) >= 11 is 0. The summed E-state index contributed by atoms with van der Waals surface area (Å²) in [7, 11) is 0. The van der Waals surface area contributed by atoms with Gasteiger partial charge in [-0.05, 0) is 49.7 Å². The minimum absolute atomic E-state index is 0.0997. The van der Waals surface area contributed by atoms with E-state index in [4.69, 9.17) is 6.42 Å². The molecule has 4 nitrogen and oxygen atoms in total. The maximum absolute atomic E-state index is 14.7. The van der Waals surface area contributed by atoms with Gasteiger partial charge in [0.1, 0.15) is 0 Å². The molecule has 132 valence electrons. The van der Waals surface area contributed by atoms with Crippen molar-refractivity contribution in [2.45, 2.75) is 26.7 Å². The number of rotatable bonds is 6. The smallest absolute Gasteiger partial charge is 0.483 e. The Kier molecular flexibility index (Phi) is 5.53. The van der Waals surface area contributed by atoms with E-state index in [1.165, 1.54) is 0 Å². The molecule has 0 fully saturated rings. The summed E-state index contributed by atoms with van der Waals surface area (Å²) in [5.74, 6) is 2.04. The zero-order valence-electron chi connectivity index (χ0n) is 14.4. The molecule has 0 saturated carbocycles. The van der Waals surface area contributed by atoms with Crippen LogP contribution in [0.2, 0.25) is 0 Å². The number of fused-ring (bicyclic) bond motifs is 1. The normalized spacial score (nSPS) is 15.5. The van der Waals surface area contributed by atoms with Crippen molar-refractivity contribution in [1.29, 1.82) is 0 Å². The predicted molar refractivity (Wildman–Crippen MR) is 97.6 cm³/mol. The number of hydrogen-bond donors (Lipinski definition) is 2. The highest BCUT2D eigenvalue weighted by Crippen LogP contribution is 2.28. The van der Waals surface area contributed by atoms with E-state index in [1.54, 1.807) is 31.2 Å². The number of hydrogen-bond acceptors (Lipinski definition) is 2. The number of aromatic nitrogens is 1. The van der Waals surface area contributed by atoms with Gasteiger partial charge in [-0.2, -0.15) is 0 Å². The van der Waals surface area contributed by atoms with Crippen LogP contribution in [-0.4, -0.2) is 23.9 Å². The first-order chi connectivity index (χ1) is 11.7. The highest BCUT2D eigenvalue weighted by molar-refractivity contribution is 6.63. The van der Waals surface area contributed by atoms with Crippen LogP contribution in [0.15, 0.2) is 41.6 Å². The van der Waals surface area contributed by atoms with Crippen LogP contribution in [0, 0.1) is 12.3 Å². The van der Waals surface area contributed by atoms with Crippen molar-refractivity contribution in [2.75, 3.05) is 6.54 Å². The fraction of sp³-hybridized carbons (Fsp3) is 0.278. The van der Waals surface area contributed by atoms with E-state index in [2.05, 4.69) is 23.0 Å². The average Bonchev–Trinajstić information content (AvgIpc) is 2.93. The van der Waals surface area contributed by atoms with E-state index >= 15 is 0 Å². The molecular formula is C18H21BF2N3O-. The summed E-state index contributed by atoms with van der Waals surface area (Å²) in [5.41, 5.74) is 2.66. The van der Waals surface area contributed by atoms with Gasteiger partial charge in [0.2, 0.25) is 5.91 Å². The largest absolute Gasteiger partial charge is 0.526 e. The van der Waals surface area contributed by atoms with Crippen LogP contribution in [0.1, 0.15) is 31.7 Å². The van der Waals surface area contributed by atoms with Gasteiger partial charge >= 0.3 is 6.97 Å². The third-order valence-corrected chi connectivity index (χ3v) is 3.86. The Morgan fingerprint density at radius 3 is 2.84 bits per heavy atom. The molecule has 1 aromatic rings. The first-order valence-corrected chi connectivity index (χ1v) is 8.01. The number of allylic oxidation sites excluding steroid dienone is 3. The summed E-state index contributed by atoms with van der Waals surface area (Å²) in [6.45, 7) is 3.45. The lowest BCUT2D eigenvalue weighted by Crippen LogP contribution is -2.52. The molecule has 1 aliphatic heterocycles. The topological polar surface area (TPSA) is 46.1 Å². The zero-order chi connectivity index (χ0) is 18.6. The van der Waals surface area contributed by atoms with Gasteiger partial charge in [-0.25, -0.2) is 0 Å². The summed E-state index contributed by atoms with van der Waals surface area (Å²) < 4.78 is 30.3. The van der Waals surface area contributed by atoms with Crippen LogP contribution < -0.4 is 10.5 Å². The van der Waals surface area contributed by atoms with E-state index in [0.717, 1.165) is 10.1 Å². The molecule has 0 aliphatic carbocycles. The molecule has 7 heteroatoms. The Bertz CT molecular complexity index is 800. The van der Waals surface area contributed by atoms with Crippen molar-refractivity contribution < 1.29 is 13.4 Å². The van der Waals surface area contributed by atoms with Crippen LogP contribution in [-0.2, 0) is 11.2 Å². The predicted octanol–water partition coefficient (Wildman–Crippen LogP) is 2.86. The molecule has 0 radical (unpaired) electrons. The summed E-state index contributed by atoms with van der Waals surface area (Å²) in [5, 5.41) is 4.84. The van der Waals surface area contributed by atoms with Gasteiger partial charge in [-0.3, -0.25) is 4.79 Å². The lowest BCUT2D eigenvalue weighted by atomic mass is 9.90. The van der Waals surface area contributed by atoms with Gasteiger partial charge in [0.15, 0.2) is 0 Å². The van der Waals surface area contributed by atoms with E-state index < -0.39 is 6.97 Å². The molecule has 0 bridgehead atoms. The van der Waals surface area contributed by atoms with Crippen molar-refractivity contribution >= 4 is 19.0 Å². The van der Waals surface area contributed by atoms with Gasteiger partial charge in [0.25, 0.3) is 0 Å². The molecule has 2 rings (SSSR count). The number of carbonyl (C=O) groups is 1. The molecule has 0 spiro atoms. The second kappa shape index (κ2) is 7.43. The Morgan fingerprint density at radius 1 is 1.48 bits per heavy atom. The third kappa shape index (κ3) is 4.41. The number of aryl methyl sites for hydroxylation is 1. The first kappa shape index (κ1) is 18.6. The van der Waals surface area contributed by atoms with Gasteiger partial charge in [-0.1, -0.05) is 24.1 Å². The second-order valence-electron chi connectivity index (χ2n) is 6.10. The lowest BCUT2D eigenvalue weighted by Gasteiger charge is -2.37. The van der Waals surface area contributed by atoms with Crippen molar-refractivity contribution in [1.82, 2.24) is 15.0 Å².